The molecule has 0 aliphatic heterocycles. The first-order chi connectivity index (χ1) is 9.33. The van der Waals surface area contributed by atoms with Crippen molar-refractivity contribution < 1.29 is 4.42 Å². The van der Waals surface area contributed by atoms with E-state index in [-0.39, 0.29) is 0 Å². The summed E-state index contributed by atoms with van der Waals surface area (Å²) in [5, 5.41) is 8.21. The number of nitrogens with zero attached hydrogens (tertiary/aromatic N) is 2. The molecule has 4 heteroatoms. The Kier molecular flexibility index (Phi) is 3.87. The molecular weight excluding hydrogens is 256 g/mol. The first-order valence-corrected chi connectivity index (χ1v) is 7.93. The van der Waals surface area contributed by atoms with E-state index in [1.54, 1.807) is 0 Å². The van der Waals surface area contributed by atoms with Crippen LogP contribution in [0.15, 0.2) is 34.7 Å². The quantitative estimate of drug-likeness (QED) is 0.798. The van der Waals surface area contributed by atoms with Gasteiger partial charge >= 0.3 is 0 Å². The predicted molar refractivity (Wildman–Crippen MR) is 77.3 cm³/mol. The number of rotatable bonds is 6. The lowest BCUT2D eigenvalue weighted by molar-refractivity contribution is 0.466. The van der Waals surface area contributed by atoms with Gasteiger partial charge in [0.15, 0.2) is 0 Å². The van der Waals surface area contributed by atoms with Gasteiger partial charge in [-0.15, -0.1) is 10.2 Å². The van der Waals surface area contributed by atoms with Crippen LogP contribution in [0.2, 0.25) is 0 Å². The van der Waals surface area contributed by atoms with Gasteiger partial charge in [-0.25, -0.2) is 0 Å². The molecule has 0 radical (unpaired) electrons. The SMILES string of the molecule is CC(CSCc1nnc(C2CC2)o1)c1ccccc1. The van der Waals surface area contributed by atoms with Crippen molar-refractivity contribution in [1.82, 2.24) is 10.2 Å². The van der Waals surface area contributed by atoms with Crippen molar-refractivity contribution in [2.24, 2.45) is 0 Å². The van der Waals surface area contributed by atoms with Gasteiger partial charge in [-0.05, 0) is 24.3 Å². The average Bonchev–Trinajstić information content (AvgIpc) is 3.20. The molecule has 3 rings (SSSR count). The van der Waals surface area contributed by atoms with Crippen LogP contribution in [0.3, 0.4) is 0 Å². The third-order valence-corrected chi connectivity index (χ3v) is 4.56. The van der Waals surface area contributed by atoms with Crippen molar-refractivity contribution in [3.8, 4) is 0 Å². The van der Waals surface area contributed by atoms with Gasteiger partial charge in [-0.2, -0.15) is 11.8 Å². The van der Waals surface area contributed by atoms with Crippen molar-refractivity contribution in [2.75, 3.05) is 5.75 Å². The minimum absolute atomic E-state index is 0.550. The molecule has 0 saturated heterocycles. The Bertz CT molecular complexity index is 522. The zero-order valence-corrected chi connectivity index (χ0v) is 11.9. The van der Waals surface area contributed by atoms with Gasteiger partial charge in [-0.3, -0.25) is 0 Å². The number of benzene rings is 1. The number of thioether (sulfide) groups is 1. The van der Waals surface area contributed by atoms with Crippen molar-refractivity contribution in [2.45, 2.75) is 37.4 Å². The predicted octanol–water partition coefficient (Wildman–Crippen LogP) is 3.98. The van der Waals surface area contributed by atoms with E-state index in [1.807, 2.05) is 11.8 Å². The molecule has 1 aliphatic carbocycles. The van der Waals surface area contributed by atoms with E-state index in [2.05, 4.69) is 47.5 Å². The van der Waals surface area contributed by atoms with Gasteiger partial charge in [0, 0.05) is 11.7 Å². The van der Waals surface area contributed by atoms with E-state index in [0.29, 0.717) is 11.8 Å². The largest absolute Gasteiger partial charge is 0.424 e. The molecule has 1 saturated carbocycles. The van der Waals surface area contributed by atoms with Gasteiger partial charge in [-0.1, -0.05) is 37.3 Å². The normalized spacial score (nSPS) is 16.5. The molecule has 3 nitrogen and oxygen atoms in total. The molecule has 2 aromatic rings. The Balaban J connectivity index is 1.47. The highest BCUT2D eigenvalue weighted by molar-refractivity contribution is 7.98. The van der Waals surface area contributed by atoms with Crippen LogP contribution in [0.5, 0.6) is 0 Å². The minimum Gasteiger partial charge on any atom is -0.424 e. The van der Waals surface area contributed by atoms with Crippen LogP contribution >= 0.6 is 11.8 Å². The molecule has 0 N–H and O–H groups in total. The summed E-state index contributed by atoms with van der Waals surface area (Å²) >= 11 is 1.86. The van der Waals surface area contributed by atoms with Crippen LogP contribution in [0.1, 0.15) is 48.9 Å². The van der Waals surface area contributed by atoms with Crippen LogP contribution in [-0.4, -0.2) is 16.0 Å². The van der Waals surface area contributed by atoms with Crippen LogP contribution in [0, 0.1) is 0 Å². The summed E-state index contributed by atoms with van der Waals surface area (Å²) in [4.78, 5) is 0. The number of hydrogen-bond acceptors (Lipinski definition) is 4. The number of aromatic nitrogens is 2. The lowest BCUT2D eigenvalue weighted by atomic mass is 10.0. The van der Waals surface area contributed by atoms with Gasteiger partial charge in [0.1, 0.15) is 0 Å². The molecule has 1 fully saturated rings. The molecule has 0 amide bonds. The van der Waals surface area contributed by atoms with Crippen LogP contribution in [-0.2, 0) is 5.75 Å². The maximum atomic E-state index is 5.65. The van der Waals surface area contributed by atoms with Crippen molar-refractivity contribution in [3.05, 3.63) is 47.7 Å². The smallest absolute Gasteiger partial charge is 0.226 e. The van der Waals surface area contributed by atoms with Gasteiger partial charge in [0.05, 0.1) is 5.75 Å². The Hall–Kier alpha value is -1.29. The maximum Gasteiger partial charge on any atom is 0.226 e. The first kappa shape index (κ1) is 12.7. The Labute approximate surface area is 117 Å². The lowest BCUT2D eigenvalue weighted by Crippen LogP contribution is -1.97. The Morgan fingerprint density at radius 1 is 1.26 bits per heavy atom. The van der Waals surface area contributed by atoms with Crippen LogP contribution < -0.4 is 0 Å². The number of hydrogen-bond donors (Lipinski definition) is 0. The Morgan fingerprint density at radius 3 is 2.79 bits per heavy atom. The fourth-order valence-electron chi connectivity index (χ4n) is 2.02. The molecule has 1 aliphatic rings. The third kappa shape index (κ3) is 3.38. The van der Waals surface area contributed by atoms with E-state index in [0.717, 1.165) is 23.3 Å². The molecule has 100 valence electrons. The van der Waals surface area contributed by atoms with E-state index in [1.165, 1.54) is 18.4 Å². The summed E-state index contributed by atoms with van der Waals surface area (Å²) in [6.45, 7) is 2.26. The summed E-state index contributed by atoms with van der Waals surface area (Å²) in [5.41, 5.74) is 1.39. The molecule has 1 aromatic carbocycles. The lowest BCUT2D eigenvalue weighted by Gasteiger charge is -2.10. The fourth-order valence-corrected chi connectivity index (χ4v) is 2.98. The highest BCUT2D eigenvalue weighted by atomic mass is 32.2. The molecule has 19 heavy (non-hydrogen) atoms. The summed E-state index contributed by atoms with van der Waals surface area (Å²) in [6, 6.07) is 10.6. The third-order valence-electron chi connectivity index (χ3n) is 3.37. The summed E-state index contributed by atoms with van der Waals surface area (Å²) < 4.78 is 5.65. The topological polar surface area (TPSA) is 38.9 Å². The van der Waals surface area contributed by atoms with Crippen molar-refractivity contribution in [1.29, 1.82) is 0 Å². The van der Waals surface area contributed by atoms with Crippen molar-refractivity contribution >= 4 is 11.8 Å². The highest BCUT2D eigenvalue weighted by Crippen LogP contribution is 2.39. The summed E-state index contributed by atoms with van der Waals surface area (Å²) in [5.74, 6) is 4.60. The highest BCUT2D eigenvalue weighted by Gasteiger charge is 2.29. The monoisotopic (exact) mass is 274 g/mol. The Morgan fingerprint density at radius 2 is 2.05 bits per heavy atom. The summed E-state index contributed by atoms with van der Waals surface area (Å²) in [6.07, 6.45) is 2.42. The van der Waals surface area contributed by atoms with Gasteiger partial charge < -0.3 is 4.42 Å². The molecule has 1 unspecified atom stereocenters. The maximum absolute atomic E-state index is 5.65. The molecule has 1 atom stereocenters. The minimum atomic E-state index is 0.550. The zero-order valence-electron chi connectivity index (χ0n) is 11.1. The first-order valence-electron chi connectivity index (χ1n) is 6.78. The molecule has 1 aromatic heterocycles. The average molecular weight is 274 g/mol. The second-order valence-electron chi connectivity index (χ2n) is 5.14. The van der Waals surface area contributed by atoms with Gasteiger partial charge in [0.25, 0.3) is 0 Å². The molecule has 0 bridgehead atoms. The van der Waals surface area contributed by atoms with E-state index in [9.17, 15) is 0 Å². The molecule has 0 spiro atoms. The van der Waals surface area contributed by atoms with Gasteiger partial charge in [0.2, 0.25) is 11.8 Å². The van der Waals surface area contributed by atoms with E-state index >= 15 is 0 Å². The van der Waals surface area contributed by atoms with E-state index < -0.39 is 0 Å². The van der Waals surface area contributed by atoms with E-state index in [4.69, 9.17) is 4.42 Å². The summed E-state index contributed by atoms with van der Waals surface area (Å²) in [7, 11) is 0. The van der Waals surface area contributed by atoms with Crippen molar-refractivity contribution in [3.63, 3.8) is 0 Å². The second kappa shape index (κ2) is 5.78. The zero-order chi connectivity index (χ0) is 13.1. The second-order valence-corrected chi connectivity index (χ2v) is 6.17. The van der Waals surface area contributed by atoms with Crippen LogP contribution in [0.4, 0.5) is 0 Å². The van der Waals surface area contributed by atoms with Crippen LogP contribution in [0.25, 0.3) is 0 Å². The fraction of sp³-hybridized carbons (Fsp3) is 0.467. The molecular formula is C15H18N2OS. The standard InChI is InChI=1S/C15H18N2OS/c1-11(12-5-3-2-4-6-12)9-19-10-14-16-17-15(18-14)13-7-8-13/h2-6,11,13H,7-10H2,1H3. The molecule has 1 heterocycles.